The van der Waals surface area contributed by atoms with Gasteiger partial charge in [-0.1, -0.05) is 24.3 Å². The number of amides is 1. The van der Waals surface area contributed by atoms with E-state index in [-0.39, 0.29) is 18.5 Å². The summed E-state index contributed by atoms with van der Waals surface area (Å²) in [5, 5.41) is 16.1. The van der Waals surface area contributed by atoms with E-state index in [0.717, 1.165) is 17.7 Å². The number of hydrogen-bond donors (Lipinski definition) is 3. The van der Waals surface area contributed by atoms with Crippen LogP contribution in [0.2, 0.25) is 0 Å². The predicted octanol–water partition coefficient (Wildman–Crippen LogP) is 0.523. The van der Waals surface area contributed by atoms with Crippen LogP contribution >= 0.6 is 0 Å². The van der Waals surface area contributed by atoms with Crippen molar-refractivity contribution in [1.29, 1.82) is 0 Å². The molecular formula is C15H22N2O3. The molecule has 0 bridgehead atoms. The number of ether oxygens (including phenoxy) is 1. The Morgan fingerprint density at radius 1 is 1.55 bits per heavy atom. The molecule has 2 atom stereocenters. The van der Waals surface area contributed by atoms with Crippen LogP contribution in [0.5, 0.6) is 0 Å². The Kier molecular flexibility index (Phi) is 5.52. The minimum atomic E-state index is -0.671. The summed E-state index contributed by atoms with van der Waals surface area (Å²) in [7, 11) is 0. The van der Waals surface area contributed by atoms with Crippen LogP contribution in [0.3, 0.4) is 0 Å². The Bertz CT molecular complexity index is 444. The minimum absolute atomic E-state index is 0.0688. The fourth-order valence-electron chi connectivity index (χ4n) is 2.33. The van der Waals surface area contributed by atoms with E-state index in [2.05, 4.69) is 10.6 Å². The summed E-state index contributed by atoms with van der Waals surface area (Å²) in [5.74, 6) is -0.0689. The molecule has 0 radical (unpaired) electrons. The smallest absolute Gasteiger partial charge is 0.221 e. The van der Waals surface area contributed by atoms with Crippen molar-refractivity contribution in [3.8, 4) is 0 Å². The summed E-state index contributed by atoms with van der Waals surface area (Å²) in [6, 6.07) is 7.71. The summed E-state index contributed by atoms with van der Waals surface area (Å²) in [5.41, 5.74) is 1.88. The zero-order valence-corrected chi connectivity index (χ0v) is 11.8. The average Bonchev–Trinajstić information content (AvgIpc) is 2.46. The molecule has 2 rings (SSSR count). The standard InChI is InChI=1S/C15H22N2O3/c1-11-4-2-3-5-13(11)14(18)9-17-15(19)8-12-10-20-7-6-16-12/h2-5,12,14,16,18H,6-10H2,1H3,(H,17,19). The number of morpholine rings is 1. The molecule has 3 N–H and O–H groups in total. The number of benzene rings is 1. The van der Waals surface area contributed by atoms with Gasteiger partial charge >= 0.3 is 0 Å². The van der Waals surface area contributed by atoms with E-state index in [1.807, 2.05) is 31.2 Å². The number of aryl methyl sites for hydroxylation is 1. The molecule has 1 aromatic carbocycles. The molecule has 1 saturated heterocycles. The maximum absolute atomic E-state index is 11.8. The topological polar surface area (TPSA) is 70.6 Å². The van der Waals surface area contributed by atoms with Gasteiger partial charge in [-0.3, -0.25) is 4.79 Å². The van der Waals surface area contributed by atoms with Gasteiger partial charge in [0.05, 0.1) is 19.3 Å². The van der Waals surface area contributed by atoms with Crippen molar-refractivity contribution in [2.75, 3.05) is 26.3 Å². The highest BCUT2D eigenvalue weighted by molar-refractivity contribution is 5.76. The fourth-order valence-corrected chi connectivity index (χ4v) is 2.33. The van der Waals surface area contributed by atoms with E-state index in [1.165, 1.54) is 0 Å². The van der Waals surface area contributed by atoms with Crippen molar-refractivity contribution in [2.24, 2.45) is 0 Å². The lowest BCUT2D eigenvalue weighted by molar-refractivity contribution is -0.122. The first-order chi connectivity index (χ1) is 9.66. The van der Waals surface area contributed by atoms with Crippen molar-refractivity contribution in [3.63, 3.8) is 0 Å². The SMILES string of the molecule is Cc1ccccc1C(O)CNC(=O)CC1COCCN1. The molecule has 1 aromatic rings. The lowest BCUT2D eigenvalue weighted by atomic mass is 10.0. The van der Waals surface area contributed by atoms with Gasteiger partial charge in [-0.2, -0.15) is 0 Å². The quantitative estimate of drug-likeness (QED) is 0.734. The number of rotatable bonds is 5. The fraction of sp³-hybridized carbons (Fsp3) is 0.533. The van der Waals surface area contributed by atoms with E-state index in [0.29, 0.717) is 19.6 Å². The van der Waals surface area contributed by atoms with Gasteiger partial charge in [-0.05, 0) is 18.1 Å². The van der Waals surface area contributed by atoms with Crippen molar-refractivity contribution >= 4 is 5.91 Å². The van der Waals surface area contributed by atoms with Crippen LogP contribution in [0.25, 0.3) is 0 Å². The van der Waals surface area contributed by atoms with Crippen LogP contribution in [0.15, 0.2) is 24.3 Å². The van der Waals surface area contributed by atoms with Crippen molar-refractivity contribution in [3.05, 3.63) is 35.4 Å². The Morgan fingerprint density at radius 3 is 3.05 bits per heavy atom. The van der Waals surface area contributed by atoms with E-state index in [4.69, 9.17) is 4.74 Å². The minimum Gasteiger partial charge on any atom is -0.387 e. The Balaban J connectivity index is 1.76. The second kappa shape index (κ2) is 7.38. The number of aliphatic hydroxyl groups is 1. The van der Waals surface area contributed by atoms with Crippen molar-refractivity contribution in [1.82, 2.24) is 10.6 Å². The molecule has 1 heterocycles. The second-order valence-electron chi connectivity index (χ2n) is 5.11. The van der Waals surface area contributed by atoms with Crippen molar-refractivity contribution in [2.45, 2.75) is 25.5 Å². The van der Waals surface area contributed by atoms with Gasteiger partial charge in [0.1, 0.15) is 0 Å². The van der Waals surface area contributed by atoms with Crippen LogP contribution in [0, 0.1) is 6.92 Å². The summed E-state index contributed by atoms with van der Waals surface area (Å²) >= 11 is 0. The van der Waals surface area contributed by atoms with Gasteiger partial charge in [-0.15, -0.1) is 0 Å². The van der Waals surface area contributed by atoms with Crippen LogP contribution < -0.4 is 10.6 Å². The van der Waals surface area contributed by atoms with E-state index < -0.39 is 6.10 Å². The van der Waals surface area contributed by atoms with Crippen LogP contribution in [0.1, 0.15) is 23.7 Å². The molecule has 0 aliphatic carbocycles. The first kappa shape index (κ1) is 15.0. The molecule has 2 unspecified atom stereocenters. The summed E-state index contributed by atoms with van der Waals surface area (Å²) < 4.78 is 5.30. The number of nitrogens with one attached hydrogen (secondary N) is 2. The lowest BCUT2D eigenvalue weighted by Gasteiger charge is -2.23. The van der Waals surface area contributed by atoms with Crippen LogP contribution in [-0.4, -0.2) is 43.4 Å². The molecule has 0 saturated carbocycles. The van der Waals surface area contributed by atoms with Gasteiger partial charge in [0.2, 0.25) is 5.91 Å². The molecule has 1 aliphatic rings. The maximum atomic E-state index is 11.8. The van der Waals surface area contributed by atoms with E-state index in [9.17, 15) is 9.90 Å². The third-order valence-electron chi connectivity index (χ3n) is 3.47. The van der Waals surface area contributed by atoms with Gasteiger partial charge in [-0.25, -0.2) is 0 Å². The summed E-state index contributed by atoms with van der Waals surface area (Å²) in [6.45, 7) is 4.22. The van der Waals surface area contributed by atoms with Gasteiger partial charge < -0.3 is 20.5 Å². The monoisotopic (exact) mass is 278 g/mol. The van der Waals surface area contributed by atoms with Gasteiger partial charge in [0.25, 0.3) is 0 Å². The van der Waals surface area contributed by atoms with Gasteiger partial charge in [0, 0.05) is 25.6 Å². The lowest BCUT2D eigenvalue weighted by Crippen LogP contribution is -2.44. The summed E-state index contributed by atoms with van der Waals surface area (Å²) in [6.07, 6.45) is -0.295. The predicted molar refractivity (Wildman–Crippen MR) is 76.4 cm³/mol. The molecule has 0 spiro atoms. The number of aliphatic hydroxyl groups excluding tert-OH is 1. The molecule has 5 nitrogen and oxygen atoms in total. The molecule has 1 fully saturated rings. The number of carbonyl (C=O) groups excluding carboxylic acids is 1. The molecule has 1 aliphatic heterocycles. The highest BCUT2D eigenvalue weighted by atomic mass is 16.5. The molecule has 20 heavy (non-hydrogen) atoms. The zero-order valence-electron chi connectivity index (χ0n) is 11.8. The molecule has 0 aromatic heterocycles. The molecule has 1 amide bonds. The largest absolute Gasteiger partial charge is 0.387 e. The first-order valence-corrected chi connectivity index (χ1v) is 6.98. The van der Waals surface area contributed by atoms with Gasteiger partial charge in [0.15, 0.2) is 0 Å². The second-order valence-corrected chi connectivity index (χ2v) is 5.11. The van der Waals surface area contributed by atoms with E-state index >= 15 is 0 Å². The third-order valence-corrected chi connectivity index (χ3v) is 3.47. The highest BCUT2D eigenvalue weighted by Gasteiger charge is 2.17. The molecule has 110 valence electrons. The normalized spacial score (nSPS) is 20.4. The van der Waals surface area contributed by atoms with E-state index in [1.54, 1.807) is 0 Å². The third kappa shape index (κ3) is 4.30. The Labute approximate surface area is 119 Å². The first-order valence-electron chi connectivity index (χ1n) is 6.98. The molecular weight excluding hydrogens is 256 g/mol. The van der Waals surface area contributed by atoms with Crippen LogP contribution in [-0.2, 0) is 9.53 Å². The van der Waals surface area contributed by atoms with Crippen molar-refractivity contribution < 1.29 is 14.6 Å². The Morgan fingerprint density at radius 2 is 2.35 bits per heavy atom. The zero-order chi connectivity index (χ0) is 14.4. The van der Waals surface area contributed by atoms with Crippen LogP contribution in [0.4, 0.5) is 0 Å². The molecule has 5 heteroatoms. The highest BCUT2D eigenvalue weighted by Crippen LogP contribution is 2.16. The number of carbonyl (C=O) groups is 1. The maximum Gasteiger partial charge on any atom is 0.221 e. The number of hydrogen-bond acceptors (Lipinski definition) is 4. The Hall–Kier alpha value is -1.43. The summed E-state index contributed by atoms with van der Waals surface area (Å²) in [4.78, 5) is 11.8. The average molecular weight is 278 g/mol.